The van der Waals surface area contributed by atoms with Crippen LogP contribution in [0.25, 0.3) is 10.9 Å². The molecule has 0 fully saturated rings. The Bertz CT molecular complexity index is 1130. The molecule has 6 nitrogen and oxygen atoms in total. The van der Waals surface area contributed by atoms with E-state index in [1.165, 1.54) is 0 Å². The van der Waals surface area contributed by atoms with Crippen LogP contribution in [-0.2, 0) is 16.0 Å². The van der Waals surface area contributed by atoms with Crippen molar-refractivity contribution in [2.45, 2.75) is 40.0 Å². The summed E-state index contributed by atoms with van der Waals surface area (Å²) in [5.74, 6) is -0.120. The first-order valence-corrected chi connectivity index (χ1v) is 9.60. The van der Waals surface area contributed by atoms with Crippen LogP contribution >= 0.6 is 0 Å². The van der Waals surface area contributed by atoms with E-state index in [-0.39, 0.29) is 24.4 Å². The molecule has 0 aliphatic rings. The van der Waals surface area contributed by atoms with Crippen LogP contribution < -0.4 is 5.56 Å². The lowest BCUT2D eigenvalue weighted by Crippen LogP contribution is -2.16. The van der Waals surface area contributed by atoms with Crippen molar-refractivity contribution in [2.75, 3.05) is 6.61 Å². The first kappa shape index (κ1) is 20.5. The molecule has 0 spiro atoms. The van der Waals surface area contributed by atoms with Gasteiger partial charge in [-0.2, -0.15) is 0 Å². The van der Waals surface area contributed by atoms with Gasteiger partial charge in [0.15, 0.2) is 6.61 Å². The highest BCUT2D eigenvalue weighted by atomic mass is 16.5. The fourth-order valence-electron chi connectivity index (χ4n) is 3.21. The van der Waals surface area contributed by atoms with E-state index in [1.54, 1.807) is 18.2 Å². The summed E-state index contributed by atoms with van der Waals surface area (Å²) in [6.45, 7) is 5.54. The minimum Gasteiger partial charge on any atom is -0.457 e. The molecule has 0 aliphatic carbocycles. The maximum atomic E-state index is 12.4. The second kappa shape index (κ2) is 8.82. The molecule has 29 heavy (non-hydrogen) atoms. The lowest BCUT2D eigenvalue weighted by atomic mass is 9.98. The van der Waals surface area contributed by atoms with Gasteiger partial charge in [0.2, 0.25) is 5.78 Å². The van der Waals surface area contributed by atoms with Gasteiger partial charge in [0, 0.05) is 18.4 Å². The average molecular weight is 392 g/mol. The molecule has 0 aliphatic heterocycles. The zero-order valence-electron chi connectivity index (χ0n) is 16.9. The second-order valence-electron chi connectivity index (χ2n) is 7.22. The lowest BCUT2D eigenvalue weighted by molar-refractivity contribution is -0.142. The molecule has 1 aromatic heterocycles. The van der Waals surface area contributed by atoms with Gasteiger partial charge in [-0.25, -0.2) is 4.98 Å². The Labute approximate surface area is 168 Å². The van der Waals surface area contributed by atoms with Crippen molar-refractivity contribution in [3.63, 3.8) is 0 Å². The summed E-state index contributed by atoms with van der Waals surface area (Å²) in [6, 6.07) is 10.9. The van der Waals surface area contributed by atoms with Crippen molar-refractivity contribution in [3.05, 3.63) is 74.8 Å². The molecule has 3 aromatic rings. The van der Waals surface area contributed by atoms with Crippen LogP contribution in [0.1, 0.15) is 45.7 Å². The van der Waals surface area contributed by atoms with Gasteiger partial charge in [-0.05, 0) is 62.1 Å². The third-order valence-electron chi connectivity index (χ3n) is 4.96. The Kier molecular flexibility index (Phi) is 6.22. The van der Waals surface area contributed by atoms with E-state index in [0.717, 1.165) is 16.7 Å². The molecule has 0 unspecified atom stereocenters. The number of ether oxygens (including phenoxy) is 1. The van der Waals surface area contributed by atoms with Gasteiger partial charge in [-0.1, -0.05) is 18.2 Å². The van der Waals surface area contributed by atoms with Crippen molar-refractivity contribution in [3.8, 4) is 0 Å². The quantitative estimate of drug-likeness (QED) is 0.490. The smallest absolute Gasteiger partial charge is 0.306 e. The van der Waals surface area contributed by atoms with Crippen molar-refractivity contribution in [1.29, 1.82) is 0 Å². The molecule has 0 atom stereocenters. The van der Waals surface area contributed by atoms with Gasteiger partial charge in [0.25, 0.3) is 5.56 Å². The normalized spacial score (nSPS) is 10.9. The van der Waals surface area contributed by atoms with Crippen LogP contribution in [0.2, 0.25) is 0 Å². The van der Waals surface area contributed by atoms with Crippen molar-refractivity contribution in [1.82, 2.24) is 9.97 Å². The Morgan fingerprint density at radius 3 is 2.55 bits per heavy atom. The van der Waals surface area contributed by atoms with Crippen LogP contribution in [0.3, 0.4) is 0 Å². The number of nitrogens with one attached hydrogen (secondary N) is 1. The molecular weight excluding hydrogens is 368 g/mol. The largest absolute Gasteiger partial charge is 0.457 e. The minimum absolute atomic E-state index is 0.149. The molecule has 150 valence electrons. The summed E-state index contributed by atoms with van der Waals surface area (Å²) in [5.41, 5.74) is 4.04. The summed E-state index contributed by atoms with van der Waals surface area (Å²) >= 11 is 0. The van der Waals surface area contributed by atoms with Crippen LogP contribution in [0.4, 0.5) is 0 Å². The van der Waals surface area contributed by atoms with E-state index in [9.17, 15) is 14.4 Å². The van der Waals surface area contributed by atoms with Crippen molar-refractivity contribution in [2.24, 2.45) is 0 Å². The molecule has 1 N–H and O–H groups in total. The number of ketones is 1. The number of carbonyl (C=O) groups is 2. The number of rotatable bonds is 7. The van der Waals surface area contributed by atoms with E-state index in [0.29, 0.717) is 35.1 Å². The summed E-state index contributed by atoms with van der Waals surface area (Å²) in [4.78, 5) is 43.6. The van der Waals surface area contributed by atoms with Gasteiger partial charge in [0.1, 0.15) is 5.82 Å². The number of Topliss-reactive ketones (excluding diaryl/α,β-unsaturated/α-hetero) is 1. The fourth-order valence-corrected chi connectivity index (χ4v) is 3.21. The number of aryl methyl sites for hydroxylation is 4. The molecule has 0 bridgehead atoms. The predicted molar refractivity (Wildman–Crippen MR) is 111 cm³/mol. The Morgan fingerprint density at radius 2 is 1.76 bits per heavy atom. The second-order valence-corrected chi connectivity index (χ2v) is 7.22. The highest BCUT2D eigenvalue weighted by Gasteiger charge is 2.14. The number of H-pyrrole nitrogens is 1. The predicted octanol–water partition coefficient (Wildman–Crippen LogP) is 3.60. The van der Waals surface area contributed by atoms with Gasteiger partial charge in [-0.15, -0.1) is 0 Å². The molecular formula is C23H24N2O4. The summed E-state index contributed by atoms with van der Waals surface area (Å²) < 4.78 is 5.13. The molecule has 0 saturated heterocycles. The summed E-state index contributed by atoms with van der Waals surface area (Å²) in [7, 11) is 0. The lowest BCUT2D eigenvalue weighted by Gasteiger charge is -2.09. The molecule has 0 saturated carbocycles. The van der Waals surface area contributed by atoms with Crippen molar-refractivity contribution >= 4 is 22.7 Å². The molecule has 6 heteroatoms. The maximum Gasteiger partial charge on any atom is 0.306 e. The Morgan fingerprint density at radius 1 is 1.03 bits per heavy atom. The van der Waals surface area contributed by atoms with E-state index >= 15 is 0 Å². The molecule has 0 radical (unpaired) electrons. The van der Waals surface area contributed by atoms with Crippen LogP contribution in [-0.4, -0.2) is 28.3 Å². The van der Waals surface area contributed by atoms with E-state index < -0.39 is 5.97 Å². The highest BCUT2D eigenvalue weighted by Crippen LogP contribution is 2.16. The zero-order valence-corrected chi connectivity index (χ0v) is 16.9. The Hall–Kier alpha value is -3.28. The summed E-state index contributed by atoms with van der Waals surface area (Å²) in [6.07, 6.45) is 1.06. The van der Waals surface area contributed by atoms with Crippen LogP contribution in [0.15, 0.2) is 41.2 Å². The van der Waals surface area contributed by atoms with Gasteiger partial charge >= 0.3 is 5.97 Å². The van der Waals surface area contributed by atoms with Crippen molar-refractivity contribution < 1.29 is 14.3 Å². The maximum absolute atomic E-state index is 12.4. The number of para-hydroxylation sites is 1. The van der Waals surface area contributed by atoms with Gasteiger partial charge < -0.3 is 9.72 Å². The summed E-state index contributed by atoms with van der Waals surface area (Å²) in [5, 5.41) is 0.538. The number of fused-ring (bicyclic) bond motifs is 1. The van der Waals surface area contributed by atoms with E-state index in [4.69, 9.17) is 4.74 Å². The standard InChI is InChI=1S/C23H24N2O4/c1-14-11-16(3)18(12-15(14)2)20(26)13-29-22(27)10-6-9-21-24-19-8-5-4-7-17(19)23(28)25-21/h4-5,7-8,11-12H,6,9-10,13H2,1-3H3,(H,24,25,28). The zero-order chi connectivity index (χ0) is 21.0. The monoisotopic (exact) mass is 392 g/mol. The van der Waals surface area contributed by atoms with Gasteiger partial charge in [0.05, 0.1) is 10.9 Å². The SMILES string of the molecule is Cc1cc(C)c(C(=O)COC(=O)CCCc2nc3ccccc3c(=O)[nH]2)cc1C. The fraction of sp³-hybridized carbons (Fsp3) is 0.304. The average Bonchev–Trinajstić information content (AvgIpc) is 2.69. The molecule has 0 amide bonds. The number of hydrogen-bond donors (Lipinski definition) is 1. The minimum atomic E-state index is -0.442. The number of aromatic amines is 1. The van der Waals surface area contributed by atoms with Gasteiger partial charge in [-0.3, -0.25) is 14.4 Å². The van der Waals surface area contributed by atoms with E-state index in [1.807, 2.05) is 39.0 Å². The highest BCUT2D eigenvalue weighted by molar-refractivity contribution is 5.99. The number of hydrogen-bond acceptors (Lipinski definition) is 5. The number of esters is 1. The van der Waals surface area contributed by atoms with E-state index in [2.05, 4.69) is 9.97 Å². The first-order chi connectivity index (χ1) is 13.8. The third kappa shape index (κ3) is 4.96. The topological polar surface area (TPSA) is 89.1 Å². The first-order valence-electron chi connectivity index (χ1n) is 9.60. The molecule has 1 heterocycles. The van der Waals surface area contributed by atoms with Crippen LogP contribution in [0.5, 0.6) is 0 Å². The molecule has 3 rings (SSSR count). The van der Waals surface area contributed by atoms with Crippen LogP contribution in [0, 0.1) is 20.8 Å². The number of carbonyl (C=O) groups excluding carboxylic acids is 2. The Balaban J connectivity index is 1.51. The third-order valence-corrected chi connectivity index (χ3v) is 4.96. The number of benzene rings is 2. The molecule has 2 aromatic carbocycles. The number of aromatic nitrogens is 2. The number of nitrogens with zero attached hydrogens (tertiary/aromatic N) is 1.